The Balaban J connectivity index is 0.00000306. The number of benzene rings is 3. The lowest BCUT2D eigenvalue weighted by atomic mass is 9.61. The van der Waals surface area contributed by atoms with Gasteiger partial charge in [-0.05, 0) is 60.6 Å². The Morgan fingerprint density at radius 3 is 1.24 bits per heavy atom. The lowest BCUT2D eigenvalue weighted by Crippen LogP contribution is -3.00. The number of rotatable bonds is 7. The summed E-state index contributed by atoms with van der Waals surface area (Å²) < 4.78 is 7.05. The Kier molecular flexibility index (Phi) is 8.00. The van der Waals surface area contributed by atoms with E-state index in [9.17, 15) is 0 Å². The van der Waals surface area contributed by atoms with E-state index in [1.807, 2.05) is 0 Å². The summed E-state index contributed by atoms with van der Waals surface area (Å²) in [6, 6.07) is 33.7. The molecule has 0 bridgehead atoms. The highest BCUT2D eigenvalue weighted by Crippen LogP contribution is 2.77. The van der Waals surface area contributed by atoms with Crippen LogP contribution in [0.25, 0.3) is 0 Å². The van der Waals surface area contributed by atoms with Crippen LogP contribution >= 0.6 is 7.26 Å². The minimum Gasteiger partial charge on any atom is -1.00 e. The molecule has 0 N–H and O–H groups in total. The Morgan fingerprint density at radius 2 is 1.00 bits per heavy atom. The van der Waals surface area contributed by atoms with Crippen LogP contribution in [0, 0.1) is 16.7 Å². The number of hydrogen-bond donors (Lipinski definition) is 0. The summed E-state index contributed by atoms with van der Waals surface area (Å²) in [7, 11) is -1.50. The second-order valence-electron chi connectivity index (χ2n) is 10.6. The molecule has 1 unspecified atom stereocenters. The van der Waals surface area contributed by atoms with Gasteiger partial charge in [0, 0.05) is 12.3 Å². The molecule has 0 heterocycles. The first-order valence-corrected chi connectivity index (χ1v) is 14.4. The van der Waals surface area contributed by atoms with Crippen molar-refractivity contribution in [3.63, 3.8) is 0 Å². The highest BCUT2D eigenvalue weighted by atomic mass is 127. The monoisotopic (exact) mass is 588 g/mol. The van der Waals surface area contributed by atoms with Gasteiger partial charge in [0.25, 0.3) is 0 Å². The van der Waals surface area contributed by atoms with E-state index >= 15 is 0 Å². The normalized spacial score (nSPS) is 18.1. The third-order valence-corrected chi connectivity index (χ3v) is 14.7. The molecule has 1 aliphatic rings. The third kappa shape index (κ3) is 4.07. The minimum atomic E-state index is -2.19. The van der Waals surface area contributed by atoms with Crippen LogP contribution in [0.4, 0.5) is 0 Å². The van der Waals surface area contributed by atoms with Gasteiger partial charge in [0.2, 0.25) is 0 Å². The molecule has 1 nitrogen and oxygen atoms in total. The fraction of sp³-hybridized carbons (Fsp3) is 0.379. The molecule has 176 valence electrons. The van der Waals surface area contributed by atoms with Crippen molar-refractivity contribution in [2.45, 2.75) is 52.8 Å². The zero-order chi connectivity index (χ0) is 23.0. The van der Waals surface area contributed by atoms with Crippen LogP contribution in [0.1, 0.15) is 47.5 Å². The second kappa shape index (κ2) is 9.93. The molecule has 0 saturated heterocycles. The Hall–Kier alpha value is -1.00. The van der Waals surface area contributed by atoms with Crippen molar-refractivity contribution < 1.29 is 28.4 Å². The van der Waals surface area contributed by atoms with Gasteiger partial charge < -0.3 is 28.4 Å². The van der Waals surface area contributed by atoms with Gasteiger partial charge in [-0.15, -0.1) is 0 Å². The predicted molar refractivity (Wildman–Crippen MR) is 145 cm³/mol. The molecule has 1 saturated carbocycles. The topological polar surface area (TPSA) is 9.23 Å². The minimum absolute atomic E-state index is 0. The van der Waals surface area contributed by atoms with E-state index in [0.717, 1.165) is 0 Å². The molecule has 4 rings (SSSR count). The van der Waals surface area contributed by atoms with Gasteiger partial charge in [-0.2, -0.15) is 0 Å². The van der Waals surface area contributed by atoms with Crippen LogP contribution in [0.3, 0.4) is 0 Å². The summed E-state index contributed by atoms with van der Waals surface area (Å²) in [5.41, 5.74) is 0.105. The van der Waals surface area contributed by atoms with E-state index < -0.39 is 7.26 Å². The molecular formula is C29H38IOPSi. The van der Waals surface area contributed by atoms with E-state index in [-0.39, 0.29) is 40.1 Å². The Labute approximate surface area is 221 Å². The first kappa shape index (κ1) is 26.6. The standard InChI is InChI=1S/C29H38OPSi.HI/c1-27(2,3)28(4,23-21-22-23)29(5,30-32)31(24-15-9-6-10-16-24,25-17-11-7-12-18-25)26-19-13-8-14-20-26;/h6-20,23H,21-22H2,1-5,32H3;1H/q+1;/p-1/t28-,29?;/m0./s1. The third-order valence-electron chi connectivity index (χ3n) is 8.38. The summed E-state index contributed by atoms with van der Waals surface area (Å²) in [5, 5.41) is 3.89. The molecule has 0 spiro atoms. The lowest BCUT2D eigenvalue weighted by molar-refractivity contribution is -0.0577. The molecule has 0 aromatic heterocycles. The largest absolute Gasteiger partial charge is 1.00 e. The van der Waals surface area contributed by atoms with Crippen LogP contribution in [-0.2, 0) is 4.43 Å². The van der Waals surface area contributed by atoms with Crippen LogP contribution in [-0.4, -0.2) is 15.8 Å². The average molecular weight is 589 g/mol. The van der Waals surface area contributed by atoms with Gasteiger partial charge in [-0.1, -0.05) is 82.3 Å². The highest BCUT2D eigenvalue weighted by Gasteiger charge is 2.73. The summed E-state index contributed by atoms with van der Waals surface area (Å²) in [6.45, 7) is 12.3. The summed E-state index contributed by atoms with van der Waals surface area (Å²) in [4.78, 5) is 0. The molecule has 33 heavy (non-hydrogen) atoms. The first-order chi connectivity index (χ1) is 15.2. The van der Waals surface area contributed by atoms with Crippen LogP contribution in [0.15, 0.2) is 91.0 Å². The molecule has 0 aliphatic heterocycles. The maximum atomic E-state index is 7.05. The fourth-order valence-corrected chi connectivity index (χ4v) is 13.2. The number of hydrogen-bond acceptors (Lipinski definition) is 1. The van der Waals surface area contributed by atoms with E-state index in [4.69, 9.17) is 4.43 Å². The maximum absolute atomic E-state index is 7.05. The lowest BCUT2D eigenvalue weighted by Gasteiger charge is -2.57. The smallest absolute Gasteiger partial charge is 0.184 e. The first-order valence-electron chi connectivity index (χ1n) is 11.8. The summed E-state index contributed by atoms with van der Waals surface area (Å²) in [5.74, 6) is 0.678. The molecule has 3 aromatic rings. The molecule has 1 fully saturated rings. The highest BCUT2D eigenvalue weighted by molar-refractivity contribution is 7.96. The van der Waals surface area contributed by atoms with Crippen molar-refractivity contribution in [2.75, 3.05) is 0 Å². The van der Waals surface area contributed by atoms with Crippen molar-refractivity contribution in [1.82, 2.24) is 0 Å². The predicted octanol–water partition coefficient (Wildman–Crippen LogP) is 2.46. The molecule has 1 aliphatic carbocycles. The van der Waals surface area contributed by atoms with Crippen molar-refractivity contribution in [3.05, 3.63) is 91.0 Å². The zero-order valence-electron chi connectivity index (χ0n) is 20.9. The van der Waals surface area contributed by atoms with Gasteiger partial charge in [0.1, 0.15) is 23.2 Å². The van der Waals surface area contributed by atoms with Gasteiger partial charge in [0.15, 0.2) is 15.8 Å². The quantitative estimate of drug-likeness (QED) is 0.234. The molecule has 2 atom stereocenters. The van der Waals surface area contributed by atoms with Crippen molar-refractivity contribution in [2.24, 2.45) is 16.7 Å². The summed E-state index contributed by atoms with van der Waals surface area (Å²) in [6.07, 6.45) is 2.60. The summed E-state index contributed by atoms with van der Waals surface area (Å²) >= 11 is 0. The fourth-order valence-electron chi connectivity index (χ4n) is 6.19. The van der Waals surface area contributed by atoms with Crippen molar-refractivity contribution in [3.8, 4) is 0 Å². The van der Waals surface area contributed by atoms with Gasteiger partial charge >= 0.3 is 0 Å². The van der Waals surface area contributed by atoms with Crippen LogP contribution < -0.4 is 39.9 Å². The van der Waals surface area contributed by atoms with Crippen molar-refractivity contribution in [1.29, 1.82) is 0 Å². The van der Waals surface area contributed by atoms with E-state index in [2.05, 4.69) is 126 Å². The van der Waals surface area contributed by atoms with E-state index in [1.54, 1.807) is 0 Å². The SMILES string of the molecule is CC(C)(C)[C@](C)(C1CC1)C(C)(O[SiH3])[P+](c1ccccc1)(c1ccccc1)c1ccccc1.[I-]. The van der Waals surface area contributed by atoms with Gasteiger partial charge in [0.05, 0.1) is 0 Å². The van der Waals surface area contributed by atoms with Crippen molar-refractivity contribution >= 4 is 33.7 Å². The van der Waals surface area contributed by atoms with E-state index in [0.29, 0.717) is 16.4 Å². The molecule has 4 heteroatoms. The molecule has 0 amide bonds. The number of halogens is 1. The Morgan fingerprint density at radius 1 is 0.667 bits per heavy atom. The zero-order valence-corrected chi connectivity index (χ0v) is 25.9. The van der Waals surface area contributed by atoms with Crippen LogP contribution in [0.2, 0.25) is 0 Å². The van der Waals surface area contributed by atoms with Gasteiger partial charge in [-0.3, -0.25) is 0 Å². The van der Waals surface area contributed by atoms with E-state index in [1.165, 1.54) is 28.8 Å². The Bertz CT molecular complexity index is 937. The second-order valence-corrected chi connectivity index (χ2v) is 14.7. The van der Waals surface area contributed by atoms with Crippen LogP contribution in [0.5, 0.6) is 0 Å². The molecular weight excluding hydrogens is 550 g/mol. The molecule has 3 aromatic carbocycles. The average Bonchev–Trinajstić information content (AvgIpc) is 3.66. The van der Waals surface area contributed by atoms with Gasteiger partial charge in [-0.25, -0.2) is 0 Å². The maximum Gasteiger partial charge on any atom is 0.184 e. The molecule has 0 radical (unpaired) electrons.